The van der Waals surface area contributed by atoms with Crippen LogP contribution in [0.2, 0.25) is 0 Å². The highest BCUT2D eigenvalue weighted by atomic mass is 16.2. The van der Waals surface area contributed by atoms with Crippen LogP contribution in [0.4, 0.5) is 0 Å². The Labute approximate surface area is 117 Å². The number of carbonyl (C=O) groups is 2. The van der Waals surface area contributed by atoms with E-state index in [2.05, 4.69) is 22.5 Å². The van der Waals surface area contributed by atoms with Crippen molar-refractivity contribution < 1.29 is 14.7 Å². The molecule has 1 aliphatic heterocycles. The summed E-state index contributed by atoms with van der Waals surface area (Å²) in [6, 6.07) is 6.86. The molecule has 1 fully saturated rings. The molecule has 1 aromatic carbocycles. The minimum Gasteiger partial charge on any atom is -0.384 e. The fourth-order valence-corrected chi connectivity index (χ4v) is 1.99. The Balaban J connectivity index is 1.87. The number of aliphatic hydroxyl groups is 1. The van der Waals surface area contributed by atoms with Gasteiger partial charge >= 0.3 is 0 Å². The van der Waals surface area contributed by atoms with Crippen molar-refractivity contribution in [2.75, 3.05) is 13.2 Å². The molecule has 0 aromatic heterocycles. The van der Waals surface area contributed by atoms with E-state index in [1.165, 1.54) is 0 Å². The van der Waals surface area contributed by atoms with Crippen LogP contribution in [-0.4, -0.2) is 36.1 Å². The van der Waals surface area contributed by atoms with Gasteiger partial charge in [0.2, 0.25) is 5.91 Å². The van der Waals surface area contributed by atoms with Gasteiger partial charge in [-0.2, -0.15) is 0 Å². The molecule has 1 aliphatic rings. The average molecular weight is 272 g/mol. The molecule has 0 saturated carbocycles. The lowest BCUT2D eigenvalue weighted by Crippen LogP contribution is -2.38. The molecule has 5 nitrogen and oxygen atoms in total. The van der Waals surface area contributed by atoms with Gasteiger partial charge in [0.15, 0.2) is 0 Å². The second-order valence-corrected chi connectivity index (χ2v) is 4.55. The van der Waals surface area contributed by atoms with Crippen molar-refractivity contribution in [3.63, 3.8) is 0 Å². The molecular weight excluding hydrogens is 256 g/mol. The Bertz CT molecular complexity index is 555. The molecule has 1 saturated heterocycles. The Morgan fingerprint density at radius 2 is 2.15 bits per heavy atom. The maximum absolute atomic E-state index is 11.9. The van der Waals surface area contributed by atoms with Crippen molar-refractivity contribution in [3.8, 4) is 11.8 Å². The van der Waals surface area contributed by atoms with Gasteiger partial charge < -0.3 is 15.7 Å². The Hall–Kier alpha value is -2.32. The number of amides is 2. The van der Waals surface area contributed by atoms with Crippen LogP contribution in [0.25, 0.3) is 0 Å². The van der Waals surface area contributed by atoms with Crippen LogP contribution in [0.1, 0.15) is 28.8 Å². The third-order valence-corrected chi connectivity index (χ3v) is 3.05. The van der Waals surface area contributed by atoms with Crippen LogP contribution in [0.3, 0.4) is 0 Å². The fraction of sp³-hybridized carbons (Fsp3) is 0.333. The summed E-state index contributed by atoms with van der Waals surface area (Å²) in [5.74, 6) is 5.17. The van der Waals surface area contributed by atoms with Gasteiger partial charge in [0.05, 0.1) is 0 Å². The highest BCUT2D eigenvalue weighted by molar-refractivity contribution is 5.94. The second kappa shape index (κ2) is 6.73. The van der Waals surface area contributed by atoms with Crippen LogP contribution < -0.4 is 10.6 Å². The molecular formula is C15H16N2O3. The van der Waals surface area contributed by atoms with Crippen LogP contribution in [0, 0.1) is 11.8 Å². The maximum atomic E-state index is 11.9. The van der Waals surface area contributed by atoms with Crippen molar-refractivity contribution in [1.82, 2.24) is 10.6 Å². The monoisotopic (exact) mass is 272 g/mol. The molecule has 104 valence electrons. The van der Waals surface area contributed by atoms with E-state index in [0.29, 0.717) is 18.5 Å². The molecule has 2 rings (SSSR count). The molecule has 5 heteroatoms. The van der Waals surface area contributed by atoms with E-state index in [0.717, 1.165) is 12.0 Å². The summed E-state index contributed by atoms with van der Waals surface area (Å²) in [5.41, 5.74) is 1.29. The van der Waals surface area contributed by atoms with Gasteiger partial charge in [-0.25, -0.2) is 0 Å². The number of carbonyl (C=O) groups excluding carboxylic acids is 2. The van der Waals surface area contributed by atoms with E-state index in [9.17, 15) is 9.59 Å². The SMILES string of the molecule is O=C1CCC(CNC(=O)c2ccc(C#CCO)cc2)N1. The molecule has 1 atom stereocenters. The number of hydrogen-bond donors (Lipinski definition) is 3. The topological polar surface area (TPSA) is 78.4 Å². The first kappa shape index (κ1) is 14.1. The van der Waals surface area contributed by atoms with E-state index in [4.69, 9.17) is 5.11 Å². The zero-order chi connectivity index (χ0) is 14.4. The average Bonchev–Trinajstić information content (AvgIpc) is 2.89. The lowest BCUT2D eigenvalue weighted by Gasteiger charge is -2.11. The van der Waals surface area contributed by atoms with Crippen molar-refractivity contribution in [2.24, 2.45) is 0 Å². The zero-order valence-electron chi connectivity index (χ0n) is 11.0. The minimum absolute atomic E-state index is 0.0288. The first-order valence-electron chi connectivity index (χ1n) is 6.46. The molecule has 1 unspecified atom stereocenters. The van der Waals surface area contributed by atoms with E-state index in [1.54, 1.807) is 24.3 Å². The van der Waals surface area contributed by atoms with Gasteiger partial charge in [-0.1, -0.05) is 11.8 Å². The number of nitrogens with one attached hydrogen (secondary N) is 2. The summed E-state index contributed by atoms with van der Waals surface area (Å²) >= 11 is 0. The van der Waals surface area contributed by atoms with Crippen molar-refractivity contribution >= 4 is 11.8 Å². The number of benzene rings is 1. The summed E-state index contributed by atoms with van der Waals surface area (Å²) in [4.78, 5) is 22.9. The predicted molar refractivity (Wildman–Crippen MR) is 73.9 cm³/mol. The van der Waals surface area contributed by atoms with Crippen LogP contribution in [0.15, 0.2) is 24.3 Å². The largest absolute Gasteiger partial charge is 0.384 e. The molecule has 0 bridgehead atoms. The molecule has 0 radical (unpaired) electrons. The van der Waals surface area contributed by atoms with Gasteiger partial charge in [0.25, 0.3) is 5.91 Å². The summed E-state index contributed by atoms with van der Waals surface area (Å²) in [5, 5.41) is 14.2. The van der Waals surface area contributed by atoms with Crippen molar-refractivity contribution in [3.05, 3.63) is 35.4 Å². The Morgan fingerprint density at radius 3 is 2.75 bits per heavy atom. The standard InChI is InChI=1S/C15H16N2O3/c18-9-1-2-11-3-5-12(6-4-11)15(20)16-10-13-7-8-14(19)17-13/h3-6,13,18H,7-10H2,(H,16,20)(H,17,19). The Kier molecular flexibility index (Phi) is 4.75. The fourth-order valence-electron chi connectivity index (χ4n) is 1.99. The smallest absolute Gasteiger partial charge is 0.251 e. The summed E-state index contributed by atoms with van der Waals surface area (Å²) in [6.45, 7) is 0.256. The third kappa shape index (κ3) is 3.84. The van der Waals surface area contributed by atoms with E-state index in [-0.39, 0.29) is 24.5 Å². The first-order chi connectivity index (χ1) is 9.69. The van der Waals surface area contributed by atoms with Crippen LogP contribution in [0.5, 0.6) is 0 Å². The van der Waals surface area contributed by atoms with Crippen molar-refractivity contribution in [2.45, 2.75) is 18.9 Å². The predicted octanol–water partition coefficient (Wildman–Crippen LogP) is 0.0388. The Morgan fingerprint density at radius 1 is 1.40 bits per heavy atom. The molecule has 0 spiro atoms. The van der Waals surface area contributed by atoms with E-state index < -0.39 is 0 Å². The van der Waals surface area contributed by atoms with Gasteiger partial charge in [-0.3, -0.25) is 9.59 Å². The molecule has 2 amide bonds. The number of aliphatic hydroxyl groups excluding tert-OH is 1. The molecule has 1 aromatic rings. The maximum Gasteiger partial charge on any atom is 0.251 e. The second-order valence-electron chi connectivity index (χ2n) is 4.55. The number of hydrogen-bond acceptors (Lipinski definition) is 3. The van der Waals surface area contributed by atoms with Gasteiger partial charge in [0.1, 0.15) is 6.61 Å². The summed E-state index contributed by atoms with van der Waals surface area (Å²) in [7, 11) is 0. The van der Waals surface area contributed by atoms with Crippen LogP contribution in [-0.2, 0) is 4.79 Å². The van der Waals surface area contributed by atoms with Gasteiger partial charge in [0, 0.05) is 30.1 Å². The van der Waals surface area contributed by atoms with E-state index >= 15 is 0 Å². The highest BCUT2D eigenvalue weighted by Gasteiger charge is 2.20. The minimum atomic E-state index is -0.185. The third-order valence-electron chi connectivity index (χ3n) is 3.05. The molecule has 20 heavy (non-hydrogen) atoms. The lowest BCUT2D eigenvalue weighted by molar-refractivity contribution is -0.119. The van der Waals surface area contributed by atoms with Gasteiger partial charge in [-0.15, -0.1) is 0 Å². The summed E-state index contributed by atoms with van der Waals surface area (Å²) < 4.78 is 0. The zero-order valence-corrected chi connectivity index (χ0v) is 11.0. The number of rotatable bonds is 3. The quantitative estimate of drug-likeness (QED) is 0.680. The lowest BCUT2D eigenvalue weighted by atomic mass is 10.1. The van der Waals surface area contributed by atoms with E-state index in [1.807, 2.05) is 0 Å². The highest BCUT2D eigenvalue weighted by Crippen LogP contribution is 2.06. The van der Waals surface area contributed by atoms with Crippen molar-refractivity contribution in [1.29, 1.82) is 0 Å². The molecule has 0 aliphatic carbocycles. The summed E-state index contributed by atoms with van der Waals surface area (Å²) in [6.07, 6.45) is 1.29. The molecule has 1 heterocycles. The molecule has 3 N–H and O–H groups in total. The van der Waals surface area contributed by atoms with Gasteiger partial charge in [-0.05, 0) is 30.7 Å². The van der Waals surface area contributed by atoms with Crippen LogP contribution >= 0.6 is 0 Å². The first-order valence-corrected chi connectivity index (χ1v) is 6.46. The normalized spacial score (nSPS) is 17.1.